The van der Waals surface area contributed by atoms with E-state index in [0.29, 0.717) is 35.8 Å². The molecule has 0 saturated heterocycles. The normalized spacial score (nSPS) is 11.6. The molecule has 4 aromatic carbocycles. The molecule has 0 unspecified atom stereocenters. The van der Waals surface area contributed by atoms with Crippen LogP contribution < -0.4 is 26.8 Å². The number of anilines is 3. The predicted octanol–water partition coefficient (Wildman–Crippen LogP) is 6.56. The van der Waals surface area contributed by atoms with Gasteiger partial charge in [0, 0.05) is 10.9 Å². The number of rotatable bonds is 7. The fraction of sp³-hybridized carbons (Fsp3) is 0.200. The highest BCUT2D eigenvalue weighted by molar-refractivity contribution is 6.14. The molecule has 0 spiro atoms. The van der Waals surface area contributed by atoms with E-state index in [0.717, 1.165) is 32.8 Å². The molecule has 200 valence electrons. The number of hydrogen-bond donors (Lipinski definition) is 5. The number of hydrogen-bond acceptors (Lipinski definition) is 5. The van der Waals surface area contributed by atoms with E-state index >= 15 is 0 Å². The van der Waals surface area contributed by atoms with E-state index in [1.54, 1.807) is 12.1 Å². The molecule has 0 atom stereocenters. The summed E-state index contributed by atoms with van der Waals surface area (Å²) in [7, 11) is 0. The quantitative estimate of drug-likeness (QED) is 0.164. The van der Waals surface area contributed by atoms with Crippen LogP contribution in [0.2, 0.25) is 0 Å². The number of nitrogens with zero attached hydrogens (tertiary/aromatic N) is 1. The van der Waals surface area contributed by atoms with Gasteiger partial charge in [0.15, 0.2) is 5.82 Å². The van der Waals surface area contributed by atoms with Crippen molar-refractivity contribution in [1.29, 1.82) is 0 Å². The van der Waals surface area contributed by atoms with Crippen molar-refractivity contribution >= 4 is 44.9 Å². The van der Waals surface area contributed by atoms with E-state index in [1.165, 1.54) is 6.07 Å². The Morgan fingerprint density at radius 1 is 1.00 bits per heavy atom. The van der Waals surface area contributed by atoms with E-state index in [4.69, 9.17) is 16.2 Å². The number of urea groups is 1. The second kappa shape index (κ2) is 10.3. The number of aromatic amines is 1. The molecule has 2 amide bonds. The summed E-state index contributed by atoms with van der Waals surface area (Å²) in [5, 5.41) is 15.2. The fourth-order valence-electron chi connectivity index (χ4n) is 4.56. The van der Waals surface area contributed by atoms with Crippen LogP contribution in [0.25, 0.3) is 32.8 Å². The standard InChI is InChI=1S/C30H31FN6O2/c1-17-8-11-22(31)24(16-17)35-29(38)34-23-12-9-19(18-6-4-5-7-20(18)23)21-10-13-25(39-15-14-30(2,3)33)27-26(21)28(32)37-36-27/h4-13,16H,14-15,33H2,1-3H3,(H3,32,36,37)(H2,34,35,38). The van der Waals surface area contributed by atoms with Gasteiger partial charge in [-0.15, -0.1) is 0 Å². The van der Waals surface area contributed by atoms with Gasteiger partial charge in [0.2, 0.25) is 0 Å². The summed E-state index contributed by atoms with van der Waals surface area (Å²) >= 11 is 0. The minimum absolute atomic E-state index is 0.114. The summed E-state index contributed by atoms with van der Waals surface area (Å²) in [6.45, 7) is 6.20. The molecule has 39 heavy (non-hydrogen) atoms. The summed E-state index contributed by atoms with van der Waals surface area (Å²) < 4.78 is 20.2. The van der Waals surface area contributed by atoms with Crippen LogP contribution in [0.1, 0.15) is 25.8 Å². The van der Waals surface area contributed by atoms with E-state index < -0.39 is 11.8 Å². The molecule has 0 aliphatic heterocycles. The largest absolute Gasteiger partial charge is 0.491 e. The van der Waals surface area contributed by atoms with Gasteiger partial charge in [-0.05, 0) is 79.6 Å². The molecule has 9 heteroatoms. The Hall–Kier alpha value is -4.63. The van der Waals surface area contributed by atoms with Crippen molar-refractivity contribution in [2.75, 3.05) is 23.0 Å². The number of halogens is 1. The summed E-state index contributed by atoms with van der Waals surface area (Å²) in [6.07, 6.45) is 0.684. The average molecular weight is 527 g/mol. The third kappa shape index (κ3) is 5.49. The minimum Gasteiger partial charge on any atom is -0.491 e. The number of carbonyl (C=O) groups is 1. The maximum absolute atomic E-state index is 14.2. The SMILES string of the molecule is Cc1ccc(F)c(NC(=O)Nc2ccc(-c3ccc(OCCC(C)(C)N)c4[nH]nc(N)c34)c3ccccc23)c1. The first-order valence-corrected chi connectivity index (χ1v) is 12.7. The molecule has 0 radical (unpaired) electrons. The number of nitrogens with two attached hydrogens (primary N) is 2. The van der Waals surface area contributed by atoms with Gasteiger partial charge in [-0.1, -0.05) is 36.4 Å². The van der Waals surface area contributed by atoms with E-state index in [1.807, 2.05) is 69.3 Å². The molecule has 1 heterocycles. The summed E-state index contributed by atoms with van der Waals surface area (Å²) in [6, 6.07) is 19.3. The monoisotopic (exact) mass is 526 g/mol. The number of amides is 2. The molecule has 0 bridgehead atoms. The number of aryl methyl sites for hydroxylation is 1. The van der Waals surface area contributed by atoms with Gasteiger partial charge in [0.05, 0.1) is 23.4 Å². The third-order valence-corrected chi connectivity index (χ3v) is 6.55. The van der Waals surface area contributed by atoms with Crippen molar-refractivity contribution in [2.24, 2.45) is 5.73 Å². The molecule has 0 aliphatic rings. The van der Waals surface area contributed by atoms with Crippen LogP contribution in [0, 0.1) is 12.7 Å². The van der Waals surface area contributed by atoms with Gasteiger partial charge in [0.1, 0.15) is 17.1 Å². The second-order valence-electron chi connectivity index (χ2n) is 10.3. The summed E-state index contributed by atoms with van der Waals surface area (Å²) in [4.78, 5) is 12.8. The number of benzene rings is 4. The summed E-state index contributed by atoms with van der Waals surface area (Å²) in [5.74, 6) is 0.497. The first-order valence-electron chi connectivity index (χ1n) is 12.7. The van der Waals surface area contributed by atoms with Crippen molar-refractivity contribution < 1.29 is 13.9 Å². The first kappa shape index (κ1) is 26.0. The predicted molar refractivity (Wildman–Crippen MR) is 156 cm³/mol. The lowest BCUT2D eigenvalue weighted by Crippen LogP contribution is -2.33. The molecule has 5 aromatic rings. The fourth-order valence-corrected chi connectivity index (χ4v) is 4.56. The number of fused-ring (bicyclic) bond motifs is 2. The Morgan fingerprint density at radius 3 is 2.49 bits per heavy atom. The van der Waals surface area contributed by atoms with Gasteiger partial charge in [-0.25, -0.2) is 9.18 Å². The summed E-state index contributed by atoms with van der Waals surface area (Å²) in [5.41, 5.74) is 16.1. The van der Waals surface area contributed by atoms with Crippen LogP contribution in [-0.2, 0) is 0 Å². The van der Waals surface area contributed by atoms with Crippen LogP contribution in [0.5, 0.6) is 5.75 Å². The number of nitrogens with one attached hydrogen (secondary N) is 3. The lowest BCUT2D eigenvalue weighted by molar-refractivity contribution is 0.262. The topological polar surface area (TPSA) is 131 Å². The Balaban J connectivity index is 1.49. The molecular formula is C30H31FN6O2. The highest BCUT2D eigenvalue weighted by atomic mass is 19.1. The average Bonchev–Trinajstić information content (AvgIpc) is 3.28. The zero-order valence-electron chi connectivity index (χ0n) is 22.1. The Bertz CT molecular complexity index is 1690. The van der Waals surface area contributed by atoms with Crippen molar-refractivity contribution in [3.05, 3.63) is 78.1 Å². The van der Waals surface area contributed by atoms with E-state index in [2.05, 4.69) is 20.8 Å². The lowest BCUT2D eigenvalue weighted by Gasteiger charge is -2.19. The first-order chi connectivity index (χ1) is 18.6. The van der Waals surface area contributed by atoms with Crippen LogP contribution in [0.4, 0.5) is 26.4 Å². The molecule has 8 nitrogen and oxygen atoms in total. The third-order valence-electron chi connectivity index (χ3n) is 6.55. The van der Waals surface area contributed by atoms with Crippen LogP contribution >= 0.6 is 0 Å². The van der Waals surface area contributed by atoms with Crippen LogP contribution in [0.15, 0.2) is 66.7 Å². The number of carbonyl (C=O) groups excluding carboxylic acids is 1. The van der Waals surface area contributed by atoms with Gasteiger partial charge < -0.3 is 26.8 Å². The minimum atomic E-state index is -0.541. The highest BCUT2D eigenvalue weighted by Gasteiger charge is 2.19. The lowest BCUT2D eigenvalue weighted by atomic mass is 9.94. The van der Waals surface area contributed by atoms with Crippen LogP contribution in [-0.4, -0.2) is 28.4 Å². The number of nitrogen functional groups attached to an aromatic ring is 1. The van der Waals surface area contributed by atoms with Gasteiger partial charge in [-0.2, -0.15) is 5.10 Å². The van der Waals surface area contributed by atoms with Gasteiger partial charge in [0.25, 0.3) is 0 Å². The molecule has 0 saturated carbocycles. The Kier molecular flexibility index (Phi) is 6.84. The Morgan fingerprint density at radius 2 is 1.72 bits per heavy atom. The highest BCUT2D eigenvalue weighted by Crippen LogP contribution is 2.41. The Labute approximate surface area is 225 Å². The van der Waals surface area contributed by atoms with E-state index in [-0.39, 0.29) is 11.2 Å². The maximum Gasteiger partial charge on any atom is 0.323 e. The number of ether oxygens (including phenoxy) is 1. The zero-order valence-corrected chi connectivity index (χ0v) is 22.1. The molecular weight excluding hydrogens is 495 g/mol. The van der Waals surface area contributed by atoms with Crippen LogP contribution in [0.3, 0.4) is 0 Å². The number of aromatic nitrogens is 2. The van der Waals surface area contributed by atoms with Crippen molar-refractivity contribution in [3.8, 4) is 16.9 Å². The molecule has 7 N–H and O–H groups in total. The maximum atomic E-state index is 14.2. The van der Waals surface area contributed by atoms with Gasteiger partial charge >= 0.3 is 6.03 Å². The smallest absolute Gasteiger partial charge is 0.323 e. The molecule has 0 fully saturated rings. The molecule has 1 aromatic heterocycles. The van der Waals surface area contributed by atoms with Crippen molar-refractivity contribution in [1.82, 2.24) is 10.2 Å². The molecule has 5 rings (SSSR count). The van der Waals surface area contributed by atoms with Crippen molar-refractivity contribution in [3.63, 3.8) is 0 Å². The van der Waals surface area contributed by atoms with Gasteiger partial charge in [-0.3, -0.25) is 5.10 Å². The van der Waals surface area contributed by atoms with E-state index in [9.17, 15) is 9.18 Å². The zero-order chi connectivity index (χ0) is 27.7. The second-order valence-corrected chi connectivity index (χ2v) is 10.3. The number of H-pyrrole nitrogens is 1. The molecule has 0 aliphatic carbocycles. The van der Waals surface area contributed by atoms with Crippen molar-refractivity contribution in [2.45, 2.75) is 32.7 Å².